The van der Waals surface area contributed by atoms with Crippen molar-refractivity contribution < 1.29 is 47.3 Å². The van der Waals surface area contributed by atoms with Crippen molar-refractivity contribution in [1.29, 1.82) is 0 Å². The second-order valence-electron chi connectivity index (χ2n) is 15.2. The van der Waals surface area contributed by atoms with Crippen LogP contribution in [0, 0.1) is 20.8 Å². The number of carbonyl (C=O) groups excluding carboxylic acids is 3. The number of guanidine groups is 1. The Labute approximate surface area is 336 Å². The van der Waals surface area contributed by atoms with E-state index in [4.69, 9.17) is 15.6 Å². The number of nitrogens with one attached hydrogen (secondary N) is 4. The Morgan fingerprint density at radius 1 is 1.00 bits per heavy atom. The Hall–Kier alpha value is -6.05. The number of ether oxygens (including phenoxy) is 1. The maximum absolute atomic E-state index is 13.8. The summed E-state index contributed by atoms with van der Waals surface area (Å²) in [7, 11) is -4.20. The van der Waals surface area contributed by atoms with E-state index in [0.29, 0.717) is 40.8 Å². The lowest BCUT2D eigenvalue weighted by Gasteiger charge is -2.35. The van der Waals surface area contributed by atoms with Gasteiger partial charge < -0.3 is 36.6 Å². The molecule has 2 atom stereocenters. The molecule has 1 aliphatic rings. The highest BCUT2D eigenvalue weighted by atomic mass is 32.2. The number of nitrogens with two attached hydrogens (primary N) is 1. The highest BCUT2D eigenvalue weighted by molar-refractivity contribution is 7.90. The standard InChI is InChI=1S/C38H51N9O10S/c1-21-22(2)31(23(3)25-15-16-37(4,5)57-30(21)25)58(55,56)45-36(39)40-17-11-14-26(42-34(52)28-20-47(46-44-28)38(6,7)35(53)54)33(51)43-27(32(50)41-19-29(48)49)18-24-12-9-8-10-13-24/h8-10,12-13,20,26-27H,11,14-19H2,1-7H3,(H,41,50)(H,42,52)(H,43,51)(H,48,49)(H,53,54)(H3,39,40,45)/t26-,27-/m0/s1. The van der Waals surface area contributed by atoms with Gasteiger partial charge in [0, 0.05) is 13.0 Å². The molecule has 0 radical (unpaired) electrons. The molecule has 2 heterocycles. The Kier molecular flexibility index (Phi) is 13.9. The first-order chi connectivity index (χ1) is 27.0. The molecule has 0 aliphatic carbocycles. The molecule has 1 aliphatic heterocycles. The highest BCUT2D eigenvalue weighted by Crippen LogP contribution is 2.42. The van der Waals surface area contributed by atoms with Crippen molar-refractivity contribution in [2.75, 3.05) is 13.1 Å². The van der Waals surface area contributed by atoms with E-state index < -0.39 is 75.4 Å². The summed E-state index contributed by atoms with van der Waals surface area (Å²) in [6.07, 6.45) is 2.38. The van der Waals surface area contributed by atoms with Gasteiger partial charge in [0.1, 0.15) is 30.0 Å². The van der Waals surface area contributed by atoms with Gasteiger partial charge in [-0.25, -0.2) is 22.6 Å². The zero-order chi connectivity index (χ0) is 43.2. The van der Waals surface area contributed by atoms with Crippen LogP contribution in [0.5, 0.6) is 5.75 Å². The first kappa shape index (κ1) is 44.7. The maximum atomic E-state index is 13.8. The van der Waals surface area contributed by atoms with Crippen LogP contribution in [0.25, 0.3) is 0 Å². The van der Waals surface area contributed by atoms with E-state index in [1.807, 2.05) is 20.8 Å². The predicted octanol–water partition coefficient (Wildman–Crippen LogP) is 1.23. The molecule has 20 heteroatoms. The number of aromatic nitrogens is 3. The zero-order valence-corrected chi connectivity index (χ0v) is 34.3. The second-order valence-corrected chi connectivity index (χ2v) is 16.8. The lowest BCUT2D eigenvalue weighted by Crippen LogP contribution is -2.55. The smallest absolute Gasteiger partial charge is 0.331 e. The van der Waals surface area contributed by atoms with Crippen LogP contribution in [-0.4, -0.2) is 100 Å². The number of carboxylic acid groups (broad SMARTS) is 2. The van der Waals surface area contributed by atoms with Gasteiger partial charge in [0.2, 0.25) is 17.8 Å². The number of benzene rings is 2. The average Bonchev–Trinajstić information content (AvgIpc) is 3.65. The maximum Gasteiger partial charge on any atom is 0.331 e. The third-order valence-electron chi connectivity index (χ3n) is 9.88. The van der Waals surface area contributed by atoms with Crippen molar-refractivity contribution in [2.24, 2.45) is 10.7 Å². The summed E-state index contributed by atoms with van der Waals surface area (Å²) in [5.74, 6) is -4.77. The molecule has 0 saturated carbocycles. The van der Waals surface area contributed by atoms with Crippen molar-refractivity contribution >= 4 is 45.6 Å². The molecule has 58 heavy (non-hydrogen) atoms. The number of hydrogen-bond acceptors (Lipinski definition) is 11. The second kappa shape index (κ2) is 18.0. The van der Waals surface area contributed by atoms with E-state index in [1.165, 1.54) is 13.8 Å². The molecule has 0 bridgehead atoms. The average molecular weight is 826 g/mol. The summed E-state index contributed by atoms with van der Waals surface area (Å²) >= 11 is 0. The largest absolute Gasteiger partial charge is 0.487 e. The minimum Gasteiger partial charge on any atom is -0.487 e. The van der Waals surface area contributed by atoms with E-state index in [1.54, 1.807) is 44.2 Å². The third-order valence-corrected chi connectivity index (χ3v) is 11.5. The van der Waals surface area contributed by atoms with Crippen LogP contribution < -0.4 is 31.1 Å². The molecule has 314 valence electrons. The molecule has 0 fully saturated rings. The van der Waals surface area contributed by atoms with Crippen molar-refractivity contribution in [3.63, 3.8) is 0 Å². The van der Waals surface area contributed by atoms with Crippen LogP contribution in [0.3, 0.4) is 0 Å². The van der Waals surface area contributed by atoms with Gasteiger partial charge in [0.15, 0.2) is 11.2 Å². The lowest BCUT2D eigenvalue weighted by molar-refractivity contribution is -0.146. The molecule has 3 amide bonds. The van der Waals surface area contributed by atoms with Gasteiger partial charge in [-0.15, -0.1) is 5.10 Å². The number of aliphatic imine (C=N–C) groups is 1. The number of carboxylic acids is 2. The molecule has 8 N–H and O–H groups in total. The quantitative estimate of drug-likeness (QED) is 0.0574. The Morgan fingerprint density at radius 2 is 1.67 bits per heavy atom. The van der Waals surface area contributed by atoms with E-state index in [9.17, 15) is 37.5 Å². The van der Waals surface area contributed by atoms with Crippen LogP contribution in [0.4, 0.5) is 0 Å². The summed E-state index contributed by atoms with van der Waals surface area (Å²) in [6.45, 7) is 11.1. The fourth-order valence-electron chi connectivity index (χ4n) is 6.32. The van der Waals surface area contributed by atoms with E-state index >= 15 is 0 Å². The number of amides is 3. The van der Waals surface area contributed by atoms with E-state index in [2.05, 4.69) is 36.0 Å². The Balaban J connectivity index is 1.54. The fourth-order valence-corrected chi connectivity index (χ4v) is 7.85. The highest BCUT2D eigenvalue weighted by Gasteiger charge is 2.35. The van der Waals surface area contributed by atoms with Crippen LogP contribution in [0.15, 0.2) is 46.4 Å². The SMILES string of the molecule is Cc1c(C)c(S(=O)(=O)NC(N)=NCCC[C@H](NC(=O)c2cn(C(C)(C)C(=O)O)nn2)C(=O)N[C@@H](Cc2ccccc2)C(=O)NCC(=O)O)c(C)c2c1OC(C)(C)CC2. The summed E-state index contributed by atoms with van der Waals surface area (Å²) < 4.78 is 36.9. The topological polar surface area (TPSA) is 286 Å². The van der Waals surface area contributed by atoms with Crippen LogP contribution in [0.2, 0.25) is 0 Å². The predicted molar refractivity (Wildman–Crippen MR) is 211 cm³/mol. The van der Waals surface area contributed by atoms with Crippen molar-refractivity contribution in [3.8, 4) is 5.75 Å². The fraction of sp³-hybridized carbons (Fsp3) is 0.474. The number of rotatable bonds is 17. The minimum absolute atomic E-state index is 0.0219. The van der Waals surface area contributed by atoms with Crippen LogP contribution in [-0.2, 0) is 47.6 Å². The zero-order valence-electron chi connectivity index (χ0n) is 33.5. The molecular weight excluding hydrogens is 775 g/mol. The van der Waals surface area contributed by atoms with Crippen LogP contribution >= 0.6 is 0 Å². The molecule has 0 saturated heterocycles. The van der Waals surface area contributed by atoms with Crippen molar-refractivity contribution in [3.05, 3.63) is 70.0 Å². The molecular formula is C38H51N9O10S. The van der Waals surface area contributed by atoms with Gasteiger partial charge in [0.25, 0.3) is 15.9 Å². The monoisotopic (exact) mass is 825 g/mol. The molecule has 0 spiro atoms. The van der Waals surface area contributed by atoms with Gasteiger partial charge in [0.05, 0.1) is 11.1 Å². The van der Waals surface area contributed by atoms with E-state index in [0.717, 1.165) is 16.4 Å². The summed E-state index contributed by atoms with van der Waals surface area (Å²) in [6, 6.07) is 6.03. The van der Waals surface area contributed by atoms with Crippen LogP contribution in [0.1, 0.15) is 85.3 Å². The summed E-state index contributed by atoms with van der Waals surface area (Å²) in [4.78, 5) is 67.4. The van der Waals surface area contributed by atoms with E-state index in [-0.39, 0.29) is 36.4 Å². The van der Waals surface area contributed by atoms with Gasteiger partial charge >= 0.3 is 11.9 Å². The number of nitrogens with zero attached hydrogens (tertiary/aromatic N) is 4. The van der Waals surface area contributed by atoms with Gasteiger partial charge in [-0.05, 0) is 102 Å². The molecule has 4 rings (SSSR count). The first-order valence-corrected chi connectivity index (χ1v) is 20.0. The number of carbonyl (C=O) groups is 5. The van der Waals surface area contributed by atoms with Gasteiger partial charge in [-0.2, -0.15) is 0 Å². The molecule has 0 unspecified atom stereocenters. The Bertz CT molecular complexity index is 2200. The number of sulfonamides is 1. The normalized spacial score (nSPS) is 14.9. The Morgan fingerprint density at radius 3 is 2.31 bits per heavy atom. The molecule has 1 aromatic heterocycles. The van der Waals surface area contributed by atoms with Gasteiger partial charge in [-0.1, -0.05) is 35.5 Å². The number of fused-ring (bicyclic) bond motifs is 1. The molecule has 19 nitrogen and oxygen atoms in total. The number of hydrogen-bond donors (Lipinski definition) is 7. The summed E-state index contributed by atoms with van der Waals surface area (Å²) in [5, 5.41) is 33.6. The first-order valence-electron chi connectivity index (χ1n) is 18.5. The minimum atomic E-state index is -4.20. The molecule has 3 aromatic rings. The third kappa shape index (κ3) is 10.9. The van der Waals surface area contributed by atoms with Gasteiger partial charge in [-0.3, -0.25) is 24.2 Å². The van der Waals surface area contributed by atoms with Crippen molar-refractivity contribution in [2.45, 2.75) is 109 Å². The number of aliphatic carboxylic acids is 2. The lowest BCUT2D eigenvalue weighted by atomic mass is 9.88. The van der Waals surface area contributed by atoms with Crippen molar-refractivity contribution in [1.82, 2.24) is 35.7 Å². The molecule has 2 aromatic carbocycles. The summed E-state index contributed by atoms with van der Waals surface area (Å²) in [5.41, 5.74) is 7.02.